The fourth-order valence-corrected chi connectivity index (χ4v) is 2.01. The number of hydrogen-bond donors (Lipinski definition) is 3. The molecule has 0 aliphatic carbocycles. The molecule has 2 atom stereocenters. The third-order valence-corrected chi connectivity index (χ3v) is 3.47. The van der Waals surface area contributed by atoms with E-state index in [2.05, 4.69) is 10.6 Å². The average molecular weight is 299 g/mol. The van der Waals surface area contributed by atoms with E-state index in [0.717, 1.165) is 12.0 Å². The second kappa shape index (κ2) is 8.82. The highest BCUT2D eigenvalue weighted by Crippen LogP contribution is 2.18. The number of urea groups is 1. The summed E-state index contributed by atoms with van der Waals surface area (Å²) in [5, 5.41) is 15.8. The molecular weight excluding hydrogens is 276 g/mol. The van der Waals surface area contributed by atoms with Gasteiger partial charge in [-0.2, -0.15) is 0 Å². The lowest BCUT2D eigenvalue weighted by Gasteiger charge is -2.18. The first-order valence-corrected chi connectivity index (χ1v) is 7.42. The smallest absolute Gasteiger partial charge is 0.315 e. The molecule has 0 bridgehead atoms. The molecule has 2 unspecified atom stereocenters. The maximum atomic E-state index is 11.8. The van der Waals surface area contributed by atoms with Crippen molar-refractivity contribution in [2.24, 2.45) is 0 Å². The van der Waals surface area contributed by atoms with Crippen LogP contribution in [0.25, 0.3) is 0 Å². The summed E-state index contributed by atoms with van der Waals surface area (Å²) in [6.45, 7) is 4.40. The number of benzene rings is 1. The molecule has 1 aromatic rings. The fourth-order valence-electron chi connectivity index (χ4n) is 1.88. The first-order chi connectivity index (χ1) is 9.56. The molecule has 1 rings (SSSR count). The molecule has 0 aliphatic rings. The van der Waals surface area contributed by atoms with Gasteiger partial charge in [-0.15, -0.1) is 0 Å². The molecule has 5 heteroatoms. The van der Waals surface area contributed by atoms with Crippen molar-refractivity contribution in [1.82, 2.24) is 10.6 Å². The Hall–Kier alpha value is -1.26. The predicted octanol–water partition coefficient (Wildman–Crippen LogP) is 3.25. The normalized spacial score (nSPS) is 13.6. The van der Waals surface area contributed by atoms with Gasteiger partial charge in [0.1, 0.15) is 0 Å². The van der Waals surface area contributed by atoms with Gasteiger partial charge >= 0.3 is 6.03 Å². The van der Waals surface area contributed by atoms with Gasteiger partial charge in [0.25, 0.3) is 0 Å². The molecule has 1 aromatic carbocycles. The predicted molar refractivity (Wildman–Crippen MR) is 81.9 cm³/mol. The summed E-state index contributed by atoms with van der Waals surface area (Å²) in [4.78, 5) is 11.8. The number of aliphatic hydroxyl groups is 1. The largest absolute Gasteiger partial charge is 0.393 e. The lowest BCUT2D eigenvalue weighted by atomic mass is 10.1. The number of carbonyl (C=O) groups excluding carboxylic acids is 1. The van der Waals surface area contributed by atoms with E-state index in [1.807, 2.05) is 38.1 Å². The molecule has 0 heterocycles. The maximum absolute atomic E-state index is 11.8. The molecule has 0 aromatic heterocycles. The minimum absolute atomic E-state index is 0.0386. The topological polar surface area (TPSA) is 61.4 Å². The monoisotopic (exact) mass is 298 g/mol. The average Bonchev–Trinajstić information content (AvgIpc) is 2.45. The van der Waals surface area contributed by atoms with Crippen LogP contribution in [0.15, 0.2) is 24.3 Å². The Morgan fingerprint density at radius 3 is 2.45 bits per heavy atom. The van der Waals surface area contributed by atoms with Crippen LogP contribution in [0.4, 0.5) is 4.79 Å². The number of amides is 2. The number of nitrogens with one attached hydrogen (secondary N) is 2. The van der Waals surface area contributed by atoms with Crippen LogP contribution in [0.2, 0.25) is 5.02 Å². The second-order valence-electron chi connectivity index (χ2n) is 4.76. The summed E-state index contributed by atoms with van der Waals surface area (Å²) < 4.78 is 0. The fraction of sp³-hybridized carbons (Fsp3) is 0.533. The summed E-state index contributed by atoms with van der Waals surface area (Å²) in [5.41, 5.74) is 1.03. The molecule has 3 N–H and O–H groups in total. The van der Waals surface area contributed by atoms with Gasteiger partial charge in [0.05, 0.1) is 12.1 Å². The maximum Gasteiger partial charge on any atom is 0.315 e. The highest BCUT2D eigenvalue weighted by Gasteiger charge is 2.12. The second-order valence-corrected chi connectivity index (χ2v) is 5.20. The van der Waals surface area contributed by atoms with E-state index >= 15 is 0 Å². The van der Waals surface area contributed by atoms with Gasteiger partial charge in [-0.3, -0.25) is 0 Å². The van der Waals surface area contributed by atoms with Crippen LogP contribution in [0.3, 0.4) is 0 Å². The van der Waals surface area contributed by atoms with E-state index in [4.69, 9.17) is 11.6 Å². The summed E-state index contributed by atoms with van der Waals surface area (Å²) in [6.07, 6.45) is 1.72. The van der Waals surface area contributed by atoms with Crippen LogP contribution in [0.5, 0.6) is 0 Å². The standard InChI is InChI=1S/C15H23ClN2O2/c1-3-13(19)9-10-17-15(20)18-14(4-2)11-5-7-12(16)8-6-11/h5-8,13-14,19H,3-4,9-10H2,1-2H3,(H2,17,18,20). The van der Waals surface area contributed by atoms with E-state index in [1.165, 1.54) is 0 Å². The zero-order valence-electron chi connectivity index (χ0n) is 12.0. The highest BCUT2D eigenvalue weighted by atomic mass is 35.5. The molecule has 4 nitrogen and oxygen atoms in total. The minimum Gasteiger partial charge on any atom is -0.393 e. The van der Waals surface area contributed by atoms with E-state index in [0.29, 0.717) is 24.4 Å². The minimum atomic E-state index is -0.353. The van der Waals surface area contributed by atoms with Crippen LogP contribution >= 0.6 is 11.6 Å². The zero-order valence-corrected chi connectivity index (χ0v) is 12.8. The van der Waals surface area contributed by atoms with Gasteiger partial charge in [-0.05, 0) is 37.0 Å². The van der Waals surface area contributed by atoms with E-state index in [1.54, 1.807) is 0 Å². The van der Waals surface area contributed by atoms with E-state index in [9.17, 15) is 9.90 Å². The molecule has 0 fully saturated rings. The Kier molecular flexibility index (Phi) is 7.41. The zero-order chi connectivity index (χ0) is 15.0. The highest BCUT2D eigenvalue weighted by molar-refractivity contribution is 6.30. The van der Waals surface area contributed by atoms with Gasteiger partial charge in [-0.25, -0.2) is 4.79 Å². The Morgan fingerprint density at radius 2 is 1.90 bits per heavy atom. The van der Waals surface area contributed by atoms with Gasteiger partial charge in [0.2, 0.25) is 0 Å². The Bertz CT molecular complexity index is 409. The molecule has 0 spiro atoms. The number of aliphatic hydroxyl groups excluding tert-OH is 1. The van der Waals surface area contributed by atoms with Crippen LogP contribution < -0.4 is 10.6 Å². The molecule has 0 saturated carbocycles. The first-order valence-electron chi connectivity index (χ1n) is 7.04. The molecule has 20 heavy (non-hydrogen) atoms. The lowest BCUT2D eigenvalue weighted by molar-refractivity contribution is 0.160. The van der Waals surface area contributed by atoms with Crippen LogP contribution in [-0.4, -0.2) is 23.8 Å². The third-order valence-electron chi connectivity index (χ3n) is 3.22. The van der Waals surface area contributed by atoms with Crippen LogP contribution in [-0.2, 0) is 0 Å². The number of rotatable bonds is 7. The van der Waals surface area contributed by atoms with Crippen molar-refractivity contribution in [3.63, 3.8) is 0 Å². The van der Waals surface area contributed by atoms with Crippen molar-refractivity contribution >= 4 is 17.6 Å². The Labute approximate surface area is 125 Å². The number of halogens is 1. The molecule has 0 aliphatic heterocycles. The SMILES string of the molecule is CCC(O)CCNC(=O)NC(CC)c1ccc(Cl)cc1. The number of hydrogen-bond acceptors (Lipinski definition) is 2. The van der Waals surface area contributed by atoms with Gasteiger partial charge in [0, 0.05) is 11.6 Å². The Balaban J connectivity index is 2.43. The van der Waals surface area contributed by atoms with Crippen molar-refractivity contribution in [3.8, 4) is 0 Å². The lowest BCUT2D eigenvalue weighted by Crippen LogP contribution is -2.39. The van der Waals surface area contributed by atoms with E-state index in [-0.39, 0.29) is 18.2 Å². The van der Waals surface area contributed by atoms with Gasteiger partial charge in [0.15, 0.2) is 0 Å². The molecule has 0 saturated heterocycles. The van der Waals surface area contributed by atoms with Crippen molar-refractivity contribution < 1.29 is 9.90 Å². The van der Waals surface area contributed by atoms with Crippen LogP contribution in [0.1, 0.15) is 44.7 Å². The summed E-state index contributed by atoms with van der Waals surface area (Å²) in [7, 11) is 0. The first kappa shape index (κ1) is 16.8. The van der Waals surface area contributed by atoms with Gasteiger partial charge in [-0.1, -0.05) is 37.6 Å². The summed E-state index contributed by atoms with van der Waals surface area (Å²) in [6, 6.07) is 7.21. The third kappa shape index (κ3) is 5.80. The summed E-state index contributed by atoms with van der Waals surface area (Å²) >= 11 is 5.85. The summed E-state index contributed by atoms with van der Waals surface area (Å²) in [5.74, 6) is 0. The molecular formula is C15H23ClN2O2. The Morgan fingerprint density at radius 1 is 1.25 bits per heavy atom. The van der Waals surface area contributed by atoms with Crippen LogP contribution in [0, 0.1) is 0 Å². The number of carbonyl (C=O) groups is 1. The van der Waals surface area contributed by atoms with E-state index < -0.39 is 0 Å². The molecule has 2 amide bonds. The van der Waals surface area contributed by atoms with Crippen molar-refractivity contribution in [1.29, 1.82) is 0 Å². The molecule has 112 valence electrons. The van der Waals surface area contributed by atoms with Crippen molar-refractivity contribution in [3.05, 3.63) is 34.9 Å². The van der Waals surface area contributed by atoms with Gasteiger partial charge < -0.3 is 15.7 Å². The quantitative estimate of drug-likeness (QED) is 0.723. The molecule has 0 radical (unpaired) electrons. The van der Waals surface area contributed by atoms with Crippen molar-refractivity contribution in [2.45, 2.75) is 45.3 Å². The van der Waals surface area contributed by atoms with Crippen molar-refractivity contribution in [2.75, 3.05) is 6.54 Å².